The molecule has 1 unspecified atom stereocenters. The number of rotatable bonds is 9. The summed E-state index contributed by atoms with van der Waals surface area (Å²) >= 11 is 0. The lowest BCUT2D eigenvalue weighted by Crippen LogP contribution is -2.42. The number of aliphatic imine (C=N–C) groups is 1. The number of ether oxygens (including phenoxy) is 2. The average molecular weight is 351 g/mol. The van der Waals surface area contributed by atoms with Crippen LogP contribution in [0.3, 0.4) is 0 Å². The molecule has 142 valence electrons. The lowest BCUT2D eigenvalue weighted by atomic mass is 10.0. The fourth-order valence-electron chi connectivity index (χ4n) is 2.38. The minimum atomic E-state index is -0.286. The summed E-state index contributed by atoms with van der Waals surface area (Å²) in [5.74, 6) is 1.68. The summed E-state index contributed by atoms with van der Waals surface area (Å²) in [6, 6.07) is 8.28. The molecule has 1 aromatic carbocycles. The summed E-state index contributed by atoms with van der Waals surface area (Å²) in [6.07, 6.45) is 0. The first-order chi connectivity index (χ1) is 11.8. The van der Waals surface area contributed by atoms with Crippen LogP contribution < -0.4 is 15.4 Å². The van der Waals surface area contributed by atoms with E-state index in [9.17, 15) is 0 Å². The largest absolute Gasteiger partial charge is 0.496 e. The smallest absolute Gasteiger partial charge is 0.191 e. The average Bonchev–Trinajstić information content (AvgIpc) is 2.59. The van der Waals surface area contributed by atoms with Crippen LogP contribution in [0.1, 0.15) is 32.4 Å². The first kappa shape index (κ1) is 21.3. The van der Waals surface area contributed by atoms with Crippen molar-refractivity contribution in [1.29, 1.82) is 0 Å². The van der Waals surface area contributed by atoms with Gasteiger partial charge in [0.25, 0.3) is 0 Å². The van der Waals surface area contributed by atoms with E-state index in [1.54, 1.807) is 14.2 Å². The van der Waals surface area contributed by atoms with E-state index in [2.05, 4.69) is 47.6 Å². The Bertz CT molecular complexity index is 544. The van der Waals surface area contributed by atoms with Crippen molar-refractivity contribution in [3.63, 3.8) is 0 Å². The second-order valence-electron chi connectivity index (χ2n) is 6.76. The van der Waals surface area contributed by atoms with Gasteiger partial charge in [-0.05, 0) is 40.9 Å². The third kappa shape index (κ3) is 6.92. The van der Waals surface area contributed by atoms with Crippen molar-refractivity contribution in [2.45, 2.75) is 32.4 Å². The van der Waals surface area contributed by atoms with Crippen LogP contribution in [0, 0.1) is 0 Å². The predicted molar refractivity (Wildman–Crippen MR) is 104 cm³/mol. The van der Waals surface area contributed by atoms with E-state index >= 15 is 0 Å². The van der Waals surface area contributed by atoms with E-state index in [0.29, 0.717) is 13.1 Å². The number of para-hydroxylation sites is 1. The van der Waals surface area contributed by atoms with Crippen molar-refractivity contribution in [2.24, 2.45) is 4.99 Å². The lowest BCUT2D eigenvalue weighted by Gasteiger charge is -2.27. The first-order valence-corrected chi connectivity index (χ1v) is 8.71. The fraction of sp³-hybridized carbons (Fsp3) is 0.632. The van der Waals surface area contributed by atoms with Gasteiger partial charge in [0.2, 0.25) is 0 Å². The van der Waals surface area contributed by atoms with E-state index in [1.165, 1.54) is 0 Å². The molecule has 1 atom stereocenters. The number of methoxy groups -OCH3 is 2. The Morgan fingerprint density at radius 1 is 1.20 bits per heavy atom. The molecule has 0 fully saturated rings. The molecule has 0 bridgehead atoms. The minimum absolute atomic E-state index is 0.162. The normalized spacial score (nSPS) is 13.7. The van der Waals surface area contributed by atoms with Crippen molar-refractivity contribution in [3.05, 3.63) is 29.8 Å². The van der Waals surface area contributed by atoms with Crippen LogP contribution in [0.25, 0.3) is 0 Å². The Morgan fingerprint density at radius 2 is 1.88 bits per heavy atom. The Balaban J connectivity index is 2.88. The van der Waals surface area contributed by atoms with Crippen LogP contribution in [-0.4, -0.2) is 64.4 Å². The highest BCUT2D eigenvalue weighted by Gasteiger charge is 2.19. The van der Waals surface area contributed by atoms with Gasteiger partial charge in [-0.3, -0.25) is 4.99 Å². The van der Waals surface area contributed by atoms with Crippen LogP contribution >= 0.6 is 0 Å². The van der Waals surface area contributed by atoms with Crippen LogP contribution in [0.4, 0.5) is 0 Å². The number of nitrogens with one attached hydrogen (secondary N) is 2. The Labute approximate surface area is 152 Å². The molecule has 25 heavy (non-hydrogen) atoms. The number of hydrogen-bond donors (Lipinski definition) is 2. The van der Waals surface area contributed by atoms with Gasteiger partial charge in [0.15, 0.2) is 5.96 Å². The second-order valence-corrected chi connectivity index (χ2v) is 6.76. The highest BCUT2D eigenvalue weighted by Crippen LogP contribution is 2.27. The summed E-state index contributed by atoms with van der Waals surface area (Å²) in [5, 5.41) is 6.72. The van der Waals surface area contributed by atoms with E-state index in [0.717, 1.165) is 23.8 Å². The molecular formula is C19H34N4O2. The van der Waals surface area contributed by atoms with E-state index < -0.39 is 0 Å². The zero-order valence-electron chi connectivity index (χ0n) is 16.7. The molecule has 0 heterocycles. The van der Waals surface area contributed by atoms with Gasteiger partial charge in [-0.1, -0.05) is 18.2 Å². The third-order valence-corrected chi connectivity index (χ3v) is 4.10. The lowest BCUT2D eigenvalue weighted by molar-refractivity contribution is 0.0310. The number of hydrogen-bond acceptors (Lipinski definition) is 4. The molecule has 1 aromatic rings. The van der Waals surface area contributed by atoms with Gasteiger partial charge >= 0.3 is 0 Å². The summed E-state index contributed by atoms with van der Waals surface area (Å²) in [6.45, 7) is 8.21. The summed E-state index contributed by atoms with van der Waals surface area (Å²) in [4.78, 5) is 6.82. The number of benzene rings is 1. The van der Waals surface area contributed by atoms with Crippen molar-refractivity contribution in [3.8, 4) is 5.75 Å². The van der Waals surface area contributed by atoms with E-state index in [4.69, 9.17) is 9.47 Å². The standard InChI is InChI=1S/C19H34N4O2/c1-8-20-18(22-14-19(2,3)25-7)21-13-16(23(4)5)15-11-9-10-12-17(15)24-6/h9-12,16H,8,13-14H2,1-7H3,(H2,20,21,22). The third-order valence-electron chi connectivity index (χ3n) is 4.10. The molecule has 0 aliphatic heterocycles. The molecule has 0 aromatic heterocycles. The van der Waals surface area contributed by atoms with Crippen LogP contribution in [0.15, 0.2) is 29.3 Å². The summed E-state index contributed by atoms with van der Waals surface area (Å²) in [7, 11) is 7.55. The van der Waals surface area contributed by atoms with Gasteiger partial charge in [-0.2, -0.15) is 0 Å². The predicted octanol–water partition coefficient (Wildman–Crippen LogP) is 2.28. The van der Waals surface area contributed by atoms with Crippen LogP contribution in [0.5, 0.6) is 5.75 Å². The summed E-state index contributed by atoms with van der Waals surface area (Å²) < 4.78 is 11.0. The van der Waals surface area contributed by atoms with Crippen molar-refractivity contribution in [1.82, 2.24) is 15.5 Å². The zero-order valence-corrected chi connectivity index (χ0v) is 16.7. The highest BCUT2D eigenvalue weighted by molar-refractivity contribution is 5.79. The minimum Gasteiger partial charge on any atom is -0.496 e. The second kappa shape index (κ2) is 10.3. The maximum absolute atomic E-state index is 5.52. The molecule has 0 spiro atoms. The monoisotopic (exact) mass is 350 g/mol. The zero-order chi connectivity index (χ0) is 18.9. The molecule has 0 saturated heterocycles. The molecule has 0 radical (unpaired) electrons. The molecular weight excluding hydrogens is 316 g/mol. The molecule has 6 nitrogen and oxygen atoms in total. The Morgan fingerprint density at radius 3 is 2.44 bits per heavy atom. The summed E-state index contributed by atoms with van der Waals surface area (Å²) in [5.41, 5.74) is 0.863. The molecule has 2 N–H and O–H groups in total. The van der Waals surface area contributed by atoms with Gasteiger partial charge in [0.1, 0.15) is 5.75 Å². The molecule has 0 aliphatic carbocycles. The van der Waals surface area contributed by atoms with Gasteiger partial charge < -0.3 is 25.0 Å². The maximum Gasteiger partial charge on any atom is 0.191 e. The van der Waals surface area contributed by atoms with Crippen LogP contribution in [0.2, 0.25) is 0 Å². The number of guanidine groups is 1. The van der Waals surface area contributed by atoms with Crippen LogP contribution in [-0.2, 0) is 4.74 Å². The SMILES string of the molecule is CCNC(=NCC(C)(C)OC)NCC(c1ccccc1OC)N(C)C. The molecule has 1 rings (SSSR count). The van der Waals surface area contributed by atoms with Gasteiger partial charge in [-0.15, -0.1) is 0 Å². The highest BCUT2D eigenvalue weighted by atomic mass is 16.5. The van der Waals surface area contributed by atoms with Crippen molar-refractivity contribution >= 4 is 5.96 Å². The molecule has 0 amide bonds. The Kier molecular flexibility index (Phi) is 8.72. The topological polar surface area (TPSA) is 58.1 Å². The quantitative estimate of drug-likeness (QED) is 0.529. The van der Waals surface area contributed by atoms with Gasteiger partial charge in [0, 0.05) is 25.8 Å². The first-order valence-electron chi connectivity index (χ1n) is 8.71. The van der Waals surface area contributed by atoms with Crippen molar-refractivity contribution < 1.29 is 9.47 Å². The van der Waals surface area contributed by atoms with Gasteiger partial charge in [0.05, 0.1) is 25.3 Å². The number of nitrogens with zero attached hydrogens (tertiary/aromatic N) is 2. The number of likely N-dealkylation sites (N-methyl/N-ethyl adjacent to an activating group) is 1. The van der Waals surface area contributed by atoms with Crippen molar-refractivity contribution in [2.75, 3.05) is 47.9 Å². The maximum atomic E-state index is 5.52. The molecule has 6 heteroatoms. The molecule has 0 saturated carbocycles. The van der Waals surface area contributed by atoms with E-state index in [1.807, 2.05) is 32.0 Å². The fourth-order valence-corrected chi connectivity index (χ4v) is 2.38. The Hall–Kier alpha value is -1.79. The van der Waals surface area contributed by atoms with E-state index in [-0.39, 0.29) is 11.6 Å². The molecule has 0 aliphatic rings. The van der Waals surface area contributed by atoms with Gasteiger partial charge in [-0.25, -0.2) is 0 Å².